The molecule has 13 heavy (non-hydrogen) atoms. The summed E-state index contributed by atoms with van der Waals surface area (Å²) in [5, 5.41) is 10.8. The zero-order valence-corrected chi connectivity index (χ0v) is 8.94. The normalized spacial score (nSPS) is 11.6. The lowest BCUT2D eigenvalue weighted by molar-refractivity contribution is -0.138. The minimum atomic E-state index is -0.742. The van der Waals surface area contributed by atoms with Crippen molar-refractivity contribution in [1.82, 2.24) is 0 Å². The van der Waals surface area contributed by atoms with Crippen molar-refractivity contribution in [2.75, 3.05) is 0 Å². The van der Waals surface area contributed by atoms with Gasteiger partial charge in [-0.1, -0.05) is 13.8 Å². The van der Waals surface area contributed by atoms with Gasteiger partial charge in [0, 0.05) is 10.3 Å². The summed E-state index contributed by atoms with van der Waals surface area (Å²) in [5.41, 5.74) is 0.869. The molecule has 72 valence electrons. The molecule has 0 radical (unpaired) electrons. The van der Waals surface area contributed by atoms with Crippen molar-refractivity contribution in [3.05, 3.63) is 21.9 Å². The first-order valence-electron chi connectivity index (χ1n) is 4.19. The molecule has 0 spiro atoms. The minimum absolute atomic E-state index is 0.184. The van der Waals surface area contributed by atoms with Crippen molar-refractivity contribution in [2.45, 2.75) is 32.6 Å². The van der Waals surface area contributed by atoms with E-state index in [4.69, 9.17) is 5.11 Å². The number of rotatable bonds is 3. The SMILES string of the molecule is Cc1cc(C(C)(C)CC(=O)O)cs1. The standard InChI is InChI=1S/C10H14O2S/c1-7-4-8(6-13-7)10(2,3)5-9(11)12/h4,6H,5H2,1-3H3,(H,11,12). The molecule has 2 nitrogen and oxygen atoms in total. The Morgan fingerprint density at radius 2 is 2.23 bits per heavy atom. The summed E-state index contributed by atoms with van der Waals surface area (Å²) in [5.74, 6) is -0.742. The first kappa shape index (κ1) is 10.3. The van der Waals surface area contributed by atoms with Gasteiger partial charge >= 0.3 is 5.97 Å². The Labute approximate surface area is 82.2 Å². The molecule has 1 aromatic rings. The topological polar surface area (TPSA) is 37.3 Å². The second kappa shape index (κ2) is 3.50. The Kier molecular flexibility index (Phi) is 2.76. The molecular weight excluding hydrogens is 184 g/mol. The number of hydrogen-bond donors (Lipinski definition) is 1. The molecule has 0 fully saturated rings. The van der Waals surface area contributed by atoms with Crippen LogP contribution < -0.4 is 0 Å². The maximum absolute atomic E-state index is 10.6. The van der Waals surface area contributed by atoms with Gasteiger partial charge in [-0.2, -0.15) is 0 Å². The van der Waals surface area contributed by atoms with E-state index in [1.807, 2.05) is 26.2 Å². The second-order valence-electron chi connectivity index (χ2n) is 3.90. The molecule has 3 heteroatoms. The van der Waals surface area contributed by atoms with Crippen LogP contribution in [0.1, 0.15) is 30.7 Å². The Morgan fingerprint density at radius 3 is 2.62 bits per heavy atom. The van der Waals surface area contributed by atoms with E-state index in [1.165, 1.54) is 4.88 Å². The third-order valence-electron chi connectivity index (χ3n) is 2.11. The molecular formula is C10H14O2S. The number of thiophene rings is 1. The molecule has 0 saturated carbocycles. The molecule has 1 rings (SSSR count). The molecule has 1 aromatic heterocycles. The van der Waals surface area contributed by atoms with Crippen LogP contribution in [-0.4, -0.2) is 11.1 Å². The highest BCUT2D eigenvalue weighted by Crippen LogP contribution is 2.30. The number of aryl methyl sites for hydroxylation is 1. The zero-order valence-electron chi connectivity index (χ0n) is 8.13. The summed E-state index contributed by atoms with van der Waals surface area (Å²) < 4.78 is 0. The van der Waals surface area contributed by atoms with Gasteiger partial charge in [-0.15, -0.1) is 11.3 Å². The molecule has 0 aliphatic carbocycles. The van der Waals surface area contributed by atoms with E-state index in [0.717, 1.165) is 5.56 Å². The van der Waals surface area contributed by atoms with Gasteiger partial charge in [0.05, 0.1) is 6.42 Å². The largest absolute Gasteiger partial charge is 0.481 e. The summed E-state index contributed by atoms with van der Waals surface area (Å²) in [6, 6.07) is 2.06. The smallest absolute Gasteiger partial charge is 0.304 e. The highest BCUT2D eigenvalue weighted by Gasteiger charge is 2.24. The summed E-state index contributed by atoms with van der Waals surface area (Å²) in [4.78, 5) is 11.8. The molecule has 0 aliphatic rings. The second-order valence-corrected chi connectivity index (χ2v) is 5.02. The first-order valence-corrected chi connectivity index (χ1v) is 5.07. The van der Waals surface area contributed by atoms with Crippen molar-refractivity contribution < 1.29 is 9.90 Å². The number of carboxylic acids is 1. The van der Waals surface area contributed by atoms with Gasteiger partial charge in [0.25, 0.3) is 0 Å². The predicted molar refractivity (Wildman–Crippen MR) is 54.3 cm³/mol. The summed E-state index contributed by atoms with van der Waals surface area (Å²) in [7, 11) is 0. The van der Waals surface area contributed by atoms with Crippen LogP contribution in [0.4, 0.5) is 0 Å². The average molecular weight is 198 g/mol. The van der Waals surface area contributed by atoms with Crippen LogP contribution >= 0.6 is 11.3 Å². The summed E-state index contributed by atoms with van der Waals surface area (Å²) >= 11 is 1.67. The van der Waals surface area contributed by atoms with Gasteiger partial charge in [0.15, 0.2) is 0 Å². The van der Waals surface area contributed by atoms with E-state index in [0.29, 0.717) is 0 Å². The van der Waals surface area contributed by atoms with E-state index in [-0.39, 0.29) is 11.8 Å². The highest BCUT2D eigenvalue weighted by atomic mass is 32.1. The Morgan fingerprint density at radius 1 is 1.62 bits per heavy atom. The van der Waals surface area contributed by atoms with Crippen molar-refractivity contribution in [3.63, 3.8) is 0 Å². The number of carboxylic acid groups (broad SMARTS) is 1. The fraction of sp³-hybridized carbons (Fsp3) is 0.500. The van der Waals surface area contributed by atoms with Crippen LogP contribution in [-0.2, 0) is 10.2 Å². The van der Waals surface area contributed by atoms with Gasteiger partial charge in [0.2, 0.25) is 0 Å². The van der Waals surface area contributed by atoms with Crippen molar-refractivity contribution >= 4 is 17.3 Å². The van der Waals surface area contributed by atoms with E-state index in [9.17, 15) is 4.79 Å². The Hall–Kier alpha value is -0.830. The first-order chi connectivity index (χ1) is 5.92. The van der Waals surface area contributed by atoms with Crippen LogP contribution in [0.2, 0.25) is 0 Å². The van der Waals surface area contributed by atoms with Crippen LogP contribution in [0.25, 0.3) is 0 Å². The van der Waals surface area contributed by atoms with Crippen LogP contribution in [0.5, 0.6) is 0 Å². The number of hydrogen-bond acceptors (Lipinski definition) is 2. The van der Waals surface area contributed by atoms with Crippen LogP contribution in [0.3, 0.4) is 0 Å². The number of aliphatic carboxylic acids is 1. The lowest BCUT2D eigenvalue weighted by Crippen LogP contribution is -2.20. The van der Waals surface area contributed by atoms with Crippen molar-refractivity contribution in [3.8, 4) is 0 Å². The molecule has 1 heterocycles. The fourth-order valence-corrected chi connectivity index (χ4v) is 2.17. The van der Waals surface area contributed by atoms with Gasteiger partial charge < -0.3 is 5.11 Å². The maximum atomic E-state index is 10.6. The monoisotopic (exact) mass is 198 g/mol. The molecule has 1 N–H and O–H groups in total. The molecule has 0 unspecified atom stereocenters. The fourth-order valence-electron chi connectivity index (χ4n) is 1.28. The molecule has 0 saturated heterocycles. The highest BCUT2D eigenvalue weighted by molar-refractivity contribution is 7.10. The lowest BCUT2D eigenvalue weighted by Gasteiger charge is -2.20. The molecule has 0 atom stereocenters. The van der Waals surface area contributed by atoms with Gasteiger partial charge in [-0.3, -0.25) is 4.79 Å². The minimum Gasteiger partial charge on any atom is -0.481 e. The van der Waals surface area contributed by atoms with Crippen LogP contribution in [0, 0.1) is 6.92 Å². The van der Waals surface area contributed by atoms with E-state index < -0.39 is 5.97 Å². The van der Waals surface area contributed by atoms with Gasteiger partial charge in [-0.05, 0) is 23.9 Å². The average Bonchev–Trinajstić information content (AvgIpc) is 2.32. The molecule has 0 aliphatic heterocycles. The van der Waals surface area contributed by atoms with Gasteiger partial charge in [0.1, 0.15) is 0 Å². The summed E-state index contributed by atoms with van der Waals surface area (Å²) in [6.07, 6.45) is 0.184. The van der Waals surface area contributed by atoms with Crippen molar-refractivity contribution in [2.24, 2.45) is 0 Å². The summed E-state index contributed by atoms with van der Waals surface area (Å²) in [6.45, 7) is 5.95. The Balaban J connectivity index is 2.86. The van der Waals surface area contributed by atoms with Gasteiger partial charge in [-0.25, -0.2) is 0 Å². The lowest BCUT2D eigenvalue weighted by atomic mass is 9.83. The maximum Gasteiger partial charge on any atom is 0.304 e. The predicted octanol–water partition coefficient (Wildman–Crippen LogP) is 2.81. The third-order valence-corrected chi connectivity index (χ3v) is 2.97. The third kappa shape index (κ3) is 2.56. The molecule has 0 amide bonds. The van der Waals surface area contributed by atoms with E-state index in [1.54, 1.807) is 11.3 Å². The van der Waals surface area contributed by atoms with E-state index in [2.05, 4.69) is 6.07 Å². The zero-order chi connectivity index (χ0) is 10.1. The van der Waals surface area contributed by atoms with E-state index >= 15 is 0 Å². The number of carbonyl (C=O) groups is 1. The quantitative estimate of drug-likeness (QED) is 0.810. The Bertz CT molecular complexity index is 312. The van der Waals surface area contributed by atoms with Crippen molar-refractivity contribution in [1.29, 1.82) is 0 Å². The van der Waals surface area contributed by atoms with Crippen LogP contribution in [0.15, 0.2) is 11.4 Å². The molecule has 0 aromatic carbocycles. The molecule has 0 bridgehead atoms.